The summed E-state index contributed by atoms with van der Waals surface area (Å²) in [6.45, 7) is 2.11. The summed E-state index contributed by atoms with van der Waals surface area (Å²) in [5.74, 6) is 0. The summed E-state index contributed by atoms with van der Waals surface area (Å²) >= 11 is 7.75. The van der Waals surface area contributed by atoms with Crippen molar-refractivity contribution in [3.63, 3.8) is 0 Å². The smallest absolute Gasteiger partial charge is 0.0794 e. The minimum atomic E-state index is 0.286. The number of aryl methyl sites for hydroxylation is 1. The molecule has 0 amide bonds. The van der Waals surface area contributed by atoms with Crippen LogP contribution in [0.3, 0.4) is 0 Å². The monoisotopic (exact) mass is 266 g/mol. The highest BCUT2D eigenvalue weighted by Gasteiger charge is 2.13. The molecular weight excluding hydrogens is 252 g/mol. The molecule has 2 nitrogen and oxygen atoms in total. The Kier molecular flexibility index (Phi) is 4.15. The highest BCUT2D eigenvalue weighted by molar-refractivity contribution is 7.09. The lowest BCUT2D eigenvalue weighted by Gasteiger charge is -2.18. The Hall–Kier alpha value is -0.900. The van der Waals surface area contributed by atoms with Crippen molar-refractivity contribution < 1.29 is 0 Å². The normalized spacial score (nSPS) is 12.6. The van der Waals surface area contributed by atoms with Crippen molar-refractivity contribution in [2.24, 2.45) is 0 Å². The lowest BCUT2D eigenvalue weighted by atomic mass is 9.98. The minimum absolute atomic E-state index is 0.286. The molecule has 0 spiro atoms. The van der Waals surface area contributed by atoms with Crippen LogP contribution < -0.4 is 5.32 Å². The zero-order chi connectivity index (χ0) is 12.3. The molecule has 4 heteroatoms. The average Bonchev–Trinajstić information content (AvgIpc) is 2.82. The zero-order valence-electron chi connectivity index (χ0n) is 9.90. The van der Waals surface area contributed by atoms with E-state index >= 15 is 0 Å². The highest BCUT2D eigenvalue weighted by Crippen LogP contribution is 2.25. The highest BCUT2D eigenvalue weighted by atomic mass is 35.5. The number of halogens is 1. The van der Waals surface area contributed by atoms with E-state index in [-0.39, 0.29) is 6.04 Å². The molecule has 0 bridgehead atoms. The van der Waals surface area contributed by atoms with Crippen LogP contribution in [0.25, 0.3) is 0 Å². The fraction of sp³-hybridized carbons (Fsp3) is 0.308. The van der Waals surface area contributed by atoms with Crippen LogP contribution in [0.2, 0.25) is 5.02 Å². The van der Waals surface area contributed by atoms with Crippen molar-refractivity contribution in [2.75, 3.05) is 7.05 Å². The molecule has 0 radical (unpaired) electrons. The van der Waals surface area contributed by atoms with Gasteiger partial charge in [0.1, 0.15) is 0 Å². The molecule has 1 atom stereocenters. The number of likely N-dealkylation sites (N-methyl/N-ethyl adjacent to an activating group) is 1. The molecule has 17 heavy (non-hydrogen) atoms. The fourth-order valence-electron chi connectivity index (χ4n) is 1.90. The molecule has 2 rings (SSSR count). The largest absolute Gasteiger partial charge is 0.313 e. The lowest BCUT2D eigenvalue weighted by Crippen LogP contribution is -2.19. The van der Waals surface area contributed by atoms with Gasteiger partial charge in [-0.25, -0.2) is 0 Å². The number of thiazole rings is 1. The number of benzene rings is 1. The summed E-state index contributed by atoms with van der Waals surface area (Å²) in [5, 5.41) is 4.13. The van der Waals surface area contributed by atoms with Gasteiger partial charge in [0.25, 0.3) is 0 Å². The fourth-order valence-corrected chi connectivity index (χ4v) is 2.72. The summed E-state index contributed by atoms with van der Waals surface area (Å²) in [6, 6.07) is 6.32. The van der Waals surface area contributed by atoms with Crippen LogP contribution in [0.15, 0.2) is 29.9 Å². The molecule has 0 aliphatic rings. The van der Waals surface area contributed by atoms with Crippen LogP contribution in [0, 0.1) is 6.92 Å². The Balaban J connectivity index is 2.25. The first-order valence-electron chi connectivity index (χ1n) is 5.51. The molecule has 1 N–H and O–H groups in total. The van der Waals surface area contributed by atoms with E-state index < -0.39 is 0 Å². The van der Waals surface area contributed by atoms with Crippen molar-refractivity contribution in [2.45, 2.75) is 19.4 Å². The quantitative estimate of drug-likeness (QED) is 0.915. The van der Waals surface area contributed by atoms with Crippen LogP contribution in [0.4, 0.5) is 0 Å². The molecular formula is C13H15ClN2S. The standard InChI is InChI=1S/C13H15ClN2S/c1-9-3-4-10(14)5-12(9)13(15-2)6-11-7-16-8-17-11/h3-5,7-8,13,15H,6H2,1-2H3. The molecule has 2 aromatic rings. The number of hydrogen-bond acceptors (Lipinski definition) is 3. The van der Waals surface area contributed by atoms with Crippen molar-refractivity contribution in [1.82, 2.24) is 10.3 Å². The van der Waals surface area contributed by atoms with E-state index in [1.54, 1.807) is 11.3 Å². The number of aromatic nitrogens is 1. The SMILES string of the molecule is CNC(Cc1cncs1)c1cc(Cl)ccc1C. The summed E-state index contributed by atoms with van der Waals surface area (Å²) in [6.07, 6.45) is 2.87. The Morgan fingerprint density at radius 3 is 2.94 bits per heavy atom. The molecule has 1 heterocycles. The van der Waals surface area contributed by atoms with Crippen LogP contribution in [0.1, 0.15) is 22.0 Å². The van der Waals surface area contributed by atoms with Crippen LogP contribution in [-0.2, 0) is 6.42 Å². The third kappa shape index (κ3) is 3.06. The third-order valence-corrected chi connectivity index (χ3v) is 3.89. The van der Waals surface area contributed by atoms with E-state index in [2.05, 4.69) is 23.3 Å². The van der Waals surface area contributed by atoms with E-state index in [0.29, 0.717) is 0 Å². The number of nitrogens with zero attached hydrogens (tertiary/aromatic N) is 1. The Morgan fingerprint density at radius 2 is 2.29 bits per heavy atom. The van der Waals surface area contributed by atoms with E-state index in [4.69, 9.17) is 11.6 Å². The molecule has 0 aliphatic heterocycles. The maximum Gasteiger partial charge on any atom is 0.0794 e. The Labute approximate surface area is 111 Å². The van der Waals surface area contributed by atoms with Crippen molar-refractivity contribution >= 4 is 22.9 Å². The predicted octanol–water partition coefficient (Wildman–Crippen LogP) is 3.61. The molecule has 90 valence electrons. The third-order valence-electron chi connectivity index (χ3n) is 2.85. The first-order valence-corrected chi connectivity index (χ1v) is 6.77. The first-order chi connectivity index (χ1) is 8.20. The van der Waals surface area contributed by atoms with E-state index in [9.17, 15) is 0 Å². The molecule has 0 saturated carbocycles. The van der Waals surface area contributed by atoms with E-state index in [1.807, 2.05) is 30.9 Å². The van der Waals surface area contributed by atoms with Crippen molar-refractivity contribution in [3.05, 3.63) is 50.9 Å². The Bertz CT molecular complexity index is 482. The topological polar surface area (TPSA) is 24.9 Å². The maximum absolute atomic E-state index is 6.06. The lowest BCUT2D eigenvalue weighted by molar-refractivity contribution is 0.593. The predicted molar refractivity (Wildman–Crippen MR) is 73.8 cm³/mol. The van der Waals surface area contributed by atoms with Gasteiger partial charge in [0.05, 0.1) is 5.51 Å². The molecule has 1 aromatic carbocycles. The molecule has 1 unspecified atom stereocenters. The van der Waals surface area contributed by atoms with Gasteiger partial charge in [0.2, 0.25) is 0 Å². The second-order valence-corrected chi connectivity index (χ2v) is 5.42. The van der Waals surface area contributed by atoms with Gasteiger partial charge in [-0.3, -0.25) is 4.98 Å². The van der Waals surface area contributed by atoms with Crippen LogP contribution in [0.5, 0.6) is 0 Å². The van der Waals surface area contributed by atoms with Gasteiger partial charge in [0, 0.05) is 28.6 Å². The Morgan fingerprint density at radius 1 is 1.47 bits per heavy atom. The summed E-state index contributed by atoms with van der Waals surface area (Å²) < 4.78 is 0. The maximum atomic E-state index is 6.06. The number of rotatable bonds is 4. The number of nitrogens with one attached hydrogen (secondary N) is 1. The van der Waals surface area contributed by atoms with Crippen LogP contribution in [-0.4, -0.2) is 12.0 Å². The van der Waals surface area contributed by atoms with Gasteiger partial charge in [-0.15, -0.1) is 11.3 Å². The molecule has 1 aromatic heterocycles. The van der Waals surface area contributed by atoms with E-state index in [0.717, 1.165) is 11.4 Å². The van der Waals surface area contributed by atoms with Crippen molar-refractivity contribution in [1.29, 1.82) is 0 Å². The molecule has 0 fully saturated rings. The average molecular weight is 267 g/mol. The summed E-state index contributed by atoms with van der Waals surface area (Å²) in [5.41, 5.74) is 4.39. The number of hydrogen-bond donors (Lipinski definition) is 1. The van der Waals surface area contributed by atoms with E-state index in [1.165, 1.54) is 16.0 Å². The van der Waals surface area contributed by atoms with Crippen LogP contribution >= 0.6 is 22.9 Å². The van der Waals surface area contributed by atoms with Gasteiger partial charge < -0.3 is 5.32 Å². The van der Waals surface area contributed by atoms with Gasteiger partial charge in [-0.1, -0.05) is 17.7 Å². The van der Waals surface area contributed by atoms with Crippen molar-refractivity contribution in [3.8, 4) is 0 Å². The van der Waals surface area contributed by atoms with Gasteiger partial charge in [-0.2, -0.15) is 0 Å². The zero-order valence-corrected chi connectivity index (χ0v) is 11.5. The van der Waals surface area contributed by atoms with Gasteiger partial charge in [-0.05, 0) is 37.2 Å². The minimum Gasteiger partial charge on any atom is -0.313 e. The first kappa shape index (κ1) is 12.6. The summed E-state index contributed by atoms with van der Waals surface area (Å²) in [7, 11) is 1.98. The summed E-state index contributed by atoms with van der Waals surface area (Å²) in [4.78, 5) is 5.39. The second kappa shape index (κ2) is 5.63. The molecule has 0 saturated heterocycles. The van der Waals surface area contributed by atoms with Gasteiger partial charge >= 0.3 is 0 Å². The second-order valence-electron chi connectivity index (χ2n) is 4.01. The molecule has 0 aliphatic carbocycles. The van der Waals surface area contributed by atoms with Gasteiger partial charge in [0.15, 0.2) is 0 Å².